The summed E-state index contributed by atoms with van der Waals surface area (Å²) in [6, 6.07) is 17.6. The van der Waals surface area contributed by atoms with E-state index in [2.05, 4.69) is 30.3 Å². The van der Waals surface area contributed by atoms with Gasteiger partial charge in [0, 0.05) is 23.8 Å². The van der Waals surface area contributed by atoms with E-state index in [0.29, 0.717) is 12.5 Å². The highest BCUT2D eigenvalue weighted by Gasteiger charge is 2.34. The number of anilines is 1. The van der Waals surface area contributed by atoms with E-state index in [1.807, 2.05) is 47.4 Å². The molecule has 1 aliphatic carbocycles. The van der Waals surface area contributed by atoms with Gasteiger partial charge in [0.05, 0.1) is 0 Å². The van der Waals surface area contributed by atoms with Crippen molar-refractivity contribution < 1.29 is 4.79 Å². The van der Waals surface area contributed by atoms with Crippen LogP contribution in [0.1, 0.15) is 30.9 Å². The lowest BCUT2D eigenvalue weighted by Crippen LogP contribution is -2.42. The van der Waals surface area contributed by atoms with Crippen LogP contribution in [0.4, 0.5) is 10.5 Å². The molecule has 1 atom stereocenters. The van der Waals surface area contributed by atoms with E-state index >= 15 is 0 Å². The van der Waals surface area contributed by atoms with Crippen molar-refractivity contribution in [2.45, 2.75) is 32.4 Å². The van der Waals surface area contributed by atoms with E-state index in [-0.39, 0.29) is 12.1 Å². The first-order chi connectivity index (χ1) is 11.7. The number of hydrogen-bond acceptors (Lipinski definition) is 1. The molecule has 2 aromatic carbocycles. The predicted octanol–water partition coefficient (Wildman–Crippen LogP) is 4.50. The molecule has 0 radical (unpaired) electrons. The Balaban J connectivity index is 1.76. The Kier molecular flexibility index (Phi) is 4.86. The van der Waals surface area contributed by atoms with Crippen LogP contribution in [-0.2, 0) is 6.54 Å². The lowest BCUT2D eigenvalue weighted by molar-refractivity contribution is 0.181. The molecule has 1 fully saturated rings. The van der Waals surface area contributed by atoms with Crippen molar-refractivity contribution >= 4 is 11.7 Å². The number of hydrogen-bond donors (Lipinski definition) is 1. The Morgan fingerprint density at radius 2 is 2.00 bits per heavy atom. The highest BCUT2D eigenvalue weighted by atomic mass is 16.2. The minimum Gasteiger partial charge on any atom is -0.317 e. The van der Waals surface area contributed by atoms with Gasteiger partial charge >= 0.3 is 6.03 Å². The van der Waals surface area contributed by atoms with Crippen LogP contribution in [0.3, 0.4) is 0 Å². The Labute approximate surface area is 143 Å². The molecule has 1 saturated carbocycles. The topological polar surface area (TPSA) is 32.3 Å². The third-order valence-electron chi connectivity index (χ3n) is 4.53. The van der Waals surface area contributed by atoms with E-state index in [1.165, 1.54) is 12.8 Å². The van der Waals surface area contributed by atoms with Crippen LogP contribution in [0.25, 0.3) is 0 Å². The van der Waals surface area contributed by atoms with Crippen LogP contribution in [0, 0.1) is 18.3 Å². The van der Waals surface area contributed by atoms with Gasteiger partial charge in [0.15, 0.2) is 0 Å². The number of nitrogens with zero attached hydrogens (tertiary/aromatic N) is 1. The van der Waals surface area contributed by atoms with E-state index in [9.17, 15) is 4.79 Å². The molecule has 24 heavy (non-hydrogen) atoms. The molecule has 3 nitrogen and oxygen atoms in total. The smallest absolute Gasteiger partial charge is 0.317 e. The van der Waals surface area contributed by atoms with Crippen molar-refractivity contribution in [3.8, 4) is 12.3 Å². The van der Waals surface area contributed by atoms with E-state index in [1.54, 1.807) is 0 Å². The quantitative estimate of drug-likeness (QED) is 0.809. The highest BCUT2D eigenvalue weighted by Crippen LogP contribution is 2.36. The van der Waals surface area contributed by atoms with Crippen LogP contribution < -0.4 is 5.32 Å². The number of nitrogens with one attached hydrogen (secondary N) is 1. The fourth-order valence-corrected chi connectivity index (χ4v) is 2.90. The summed E-state index contributed by atoms with van der Waals surface area (Å²) in [5.41, 5.74) is 2.63. The number of benzene rings is 2. The molecule has 0 saturated heterocycles. The summed E-state index contributed by atoms with van der Waals surface area (Å²) in [5, 5.41) is 2.99. The van der Waals surface area contributed by atoms with Crippen LogP contribution in [0.15, 0.2) is 54.6 Å². The van der Waals surface area contributed by atoms with Gasteiger partial charge in [-0.25, -0.2) is 4.79 Å². The molecule has 0 bridgehead atoms. The van der Waals surface area contributed by atoms with E-state index in [0.717, 1.165) is 16.8 Å². The van der Waals surface area contributed by atoms with Gasteiger partial charge in [0.25, 0.3) is 0 Å². The van der Waals surface area contributed by atoms with Crippen molar-refractivity contribution in [1.29, 1.82) is 0 Å². The number of amides is 2. The Bertz CT molecular complexity index is 744. The normalized spacial score (nSPS) is 14.5. The average Bonchev–Trinajstić information content (AvgIpc) is 3.45. The molecule has 0 heterocycles. The fourth-order valence-electron chi connectivity index (χ4n) is 2.90. The summed E-state index contributed by atoms with van der Waals surface area (Å²) in [6.07, 6.45) is 7.84. The molecule has 3 rings (SSSR count). The minimum atomic E-state index is -0.0765. The number of rotatable bonds is 5. The van der Waals surface area contributed by atoms with Crippen LogP contribution in [-0.4, -0.2) is 17.0 Å². The molecule has 122 valence electrons. The zero-order valence-electron chi connectivity index (χ0n) is 13.9. The first-order valence-electron chi connectivity index (χ1n) is 8.35. The Morgan fingerprint density at radius 3 is 2.67 bits per heavy atom. The molecule has 2 aromatic rings. The minimum absolute atomic E-state index is 0.0765. The third kappa shape index (κ3) is 3.97. The summed E-state index contributed by atoms with van der Waals surface area (Å²) in [5.74, 6) is 3.20. The lowest BCUT2D eigenvalue weighted by Gasteiger charge is -2.29. The predicted molar refractivity (Wildman–Crippen MR) is 97.6 cm³/mol. The SMILES string of the molecule is C#Cc1cccc(NC(=O)N(Cc2ccccc2)C(C)C2CC2)c1. The molecule has 2 amide bonds. The third-order valence-corrected chi connectivity index (χ3v) is 4.53. The van der Waals surface area contributed by atoms with Crippen molar-refractivity contribution in [1.82, 2.24) is 4.90 Å². The summed E-state index contributed by atoms with van der Waals surface area (Å²) >= 11 is 0. The van der Waals surface area contributed by atoms with Crippen LogP contribution in [0.2, 0.25) is 0 Å². The number of terminal acetylenes is 1. The molecule has 1 aliphatic rings. The molecule has 1 unspecified atom stereocenters. The Morgan fingerprint density at radius 1 is 1.25 bits per heavy atom. The second-order valence-corrected chi connectivity index (χ2v) is 6.35. The second kappa shape index (κ2) is 7.23. The molecule has 3 heteroatoms. The zero-order valence-corrected chi connectivity index (χ0v) is 13.9. The average molecular weight is 318 g/mol. The number of urea groups is 1. The van der Waals surface area contributed by atoms with E-state index in [4.69, 9.17) is 6.42 Å². The molecular formula is C21H22N2O. The van der Waals surface area contributed by atoms with Crippen LogP contribution in [0.5, 0.6) is 0 Å². The van der Waals surface area contributed by atoms with Crippen molar-refractivity contribution in [2.24, 2.45) is 5.92 Å². The maximum Gasteiger partial charge on any atom is 0.322 e. The second-order valence-electron chi connectivity index (χ2n) is 6.35. The summed E-state index contributed by atoms with van der Waals surface area (Å²) < 4.78 is 0. The van der Waals surface area contributed by atoms with Crippen molar-refractivity contribution in [2.75, 3.05) is 5.32 Å². The van der Waals surface area contributed by atoms with Gasteiger partial charge in [-0.2, -0.15) is 0 Å². The first kappa shape index (κ1) is 16.1. The monoisotopic (exact) mass is 318 g/mol. The van der Waals surface area contributed by atoms with E-state index < -0.39 is 0 Å². The summed E-state index contributed by atoms with van der Waals surface area (Å²) in [6.45, 7) is 2.75. The molecule has 0 aromatic heterocycles. The molecule has 0 spiro atoms. The zero-order chi connectivity index (χ0) is 16.9. The number of carbonyl (C=O) groups is 1. The van der Waals surface area contributed by atoms with Crippen molar-refractivity contribution in [3.63, 3.8) is 0 Å². The maximum absolute atomic E-state index is 12.9. The van der Waals surface area contributed by atoms with Gasteiger partial charge in [-0.1, -0.05) is 42.3 Å². The number of carbonyl (C=O) groups excluding carboxylic acids is 1. The van der Waals surface area contributed by atoms with Gasteiger partial charge in [0.1, 0.15) is 0 Å². The van der Waals surface area contributed by atoms with Gasteiger partial charge in [0.2, 0.25) is 0 Å². The lowest BCUT2D eigenvalue weighted by atomic mass is 10.1. The fraction of sp³-hybridized carbons (Fsp3) is 0.286. The first-order valence-corrected chi connectivity index (χ1v) is 8.35. The molecule has 0 aliphatic heterocycles. The molecule has 1 N–H and O–H groups in total. The Hall–Kier alpha value is -2.73. The summed E-state index contributed by atoms with van der Waals surface area (Å²) in [4.78, 5) is 14.8. The highest BCUT2D eigenvalue weighted by molar-refractivity contribution is 5.89. The van der Waals surface area contributed by atoms with Gasteiger partial charge in [-0.05, 0) is 49.4 Å². The van der Waals surface area contributed by atoms with Gasteiger partial charge in [-0.15, -0.1) is 6.42 Å². The van der Waals surface area contributed by atoms with Gasteiger partial charge < -0.3 is 10.2 Å². The van der Waals surface area contributed by atoms with Gasteiger partial charge in [-0.3, -0.25) is 0 Å². The largest absolute Gasteiger partial charge is 0.322 e. The molecular weight excluding hydrogens is 296 g/mol. The summed E-state index contributed by atoms with van der Waals surface area (Å²) in [7, 11) is 0. The standard InChI is InChI=1S/C21H22N2O/c1-3-17-10-7-11-20(14-17)22-21(24)23(16(2)19-12-13-19)15-18-8-5-4-6-9-18/h1,4-11,14,16,19H,12-13,15H2,2H3,(H,22,24). The van der Waals surface area contributed by atoms with Crippen LogP contribution >= 0.6 is 0 Å². The maximum atomic E-state index is 12.9. The van der Waals surface area contributed by atoms with Crippen molar-refractivity contribution in [3.05, 3.63) is 65.7 Å².